The fraction of sp³-hybridized carbons (Fsp3) is 0.636. The van der Waals surface area contributed by atoms with Crippen molar-refractivity contribution in [2.24, 2.45) is 0 Å². The summed E-state index contributed by atoms with van der Waals surface area (Å²) in [7, 11) is 0. The molecule has 16 heavy (non-hydrogen) atoms. The summed E-state index contributed by atoms with van der Waals surface area (Å²) in [6.07, 6.45) is 1.99. The fourth-order valence-electron chi connectivity index (χ4n) is 1.70. The number of nitrogens with zero attached hydrogens (tertiary/aromatic N) is 1. The molecule has 0 radical (unpaired) electrons. The minimum atomic E-state index is -0.489. The summed E-state index contributed by atoms with van der Waals surface area (Å²) in [5, 5.41) is 10.1. The molecule has 0 aromatic carbocycles. The summed E-state index contributed by atoms with van der Waals surface area (Å²) < 4.78 is 5.29. The molecule has 0 bridgehead atoms. The predicted molar refractivity (Wildman–Crippen MR) is 60.6 cm³/mol. The lowest BCUT2D eigenvalue weighted by atomic mass is 10.1. The summed E-state index contributed by atoms with van der Waals surface area (Å²) in [4.78, 5) is 11.8. The number of esters is 1. The number of fused-ring (bicyclic) bond motifs is 1. The molecule has 2 rings (SSSR count). The van der Waals surface area contributed by atoms with Gasteiger partial charge in [-0.1, -0.05) is 0 Å². The van der Waals surface area contributed by atoms with Crippen LogP contribution in [0.25, 0.3) is 0 Å². The molecule has 0 atom stereocenters. The molecule has 2 N–H and O–H groups in total. The molecule has 0 saturated heterocycles. The first-order valence-electron chi connectivity index (χ1n) is 5.52. The van der Waals surface area contributed by atoms with Gasteiger partial charge in [-0.15, -0.1) is 0 Å². The SMILES string of the molecule is CC(C)(C)OC(=O)c1n[nH]c2c1NCCC2. The van der Waals surface area contributed by atoms with Crippen LogP contribution >= 0.6 is 0 Å². The third kappa shape index (κ3) is 2.18. The number of aromatic nitrogens is 2. The van der Waals surface area contributed by atoms with Crippen LogP contribution in [-0.4, -0.2) is 28.3 Å². The van der Waals surface area contributed by atoms with Gasteiger partial charge in [0.1, 0.15) is 5.60 Å². The lowest BCUT2D eigenvalue weighted by molar-refractivity contribution is 0.00639. The van der Waals surface area contributed by atoms with Crippen LogP contribution in [0.3, 0.4) is 0 Å². The number of aryl methyl sites for hydroxylation is 1. The van der Waals surface area contributed by atoms with Crippen molar-refractivity contribution in [3.05, 3.63) is 11.4 Å². The molecule has 0 amide bonds. The maximum atomic E-state index is 11.8. The van der Waals surface area contributed by atoms with Crippen molar-refractivity contribution in [3.63, 3.8) is 0 Å². The van der Waals surface area contributed by atoms with Gasteiger partial charge < -0.3 is 10.1 Å². The van der Waals surface area contributed by atoms with E-state index in [1.807, 2.05) is 20.8 Å². The predicted octanol–water partition coefficient (Wildman–Crippen LogP) is 1.72. The van der Waals surface area contributed by atoms with Gasteiger partial charge in [-0.25, -0.2) is 4.79 Å². The first kappa shape index (κ1) is 11.0. The number of rotatable bonds is 1. The number of carbonyl (C=O) groups is 1. The molecular formula is C11H17N3O2. The largest absolute Gasteiger partial charge is 0.455 e. The molecule has 1 aliphatic rings. The number of hydrogen-bond donors (Lipinski definition) is 2. The molecule has 0 spiro atoms. The van der Waals surface area contributed by atoms with E-state index in [2.05, 4.69) is 15.5 Å². The lowest BCUT2D eigenvalue weighted by Crippen LogP contribution is -2.25. The van der Waals surface area contributed by atoms with Crippen LogP contribution in [0, 0.1) is 0 Å². The normalized spacial score (nSPS) is 15.2. The molecular weight excluding hydrogens is 206 g/mol. The Hall–Kier alpha value is -1.52. The highest BCUT2D eigenvalue weighted by molar-refractivity contribution is 5.94. The van der Waals surface area contributed by atoms with Crippen LogP contribution in [0.2, 0.25) is 0 Å². The first-order valence-corrected chi connectivity index (χ1v) is 5.52. The highest BCUT2D eigenvalue weighted by Gasteiger charge is 2.26. The van der Waals surface area contributed by atoms with E-state index in [9.17, 15) is 4.79 Å². The second-order valence-corrected chi connectivity index (χ2v) is 4.96. The molecule has 0 aliphatic carbocycles. The molecule has 0 unspecified atom stereocenters. The van der Waals surface area contributed by atoms with Gasteiger partial charge >= 0.3 is 5.97 Å². The zero-order chi connectivity index (χ0) is 11.8. The Kier molecular flexibility index (Phi) is 2.61. The third-order valence-electron chi connectivity index (χ3n) is 2.34. The van der Waals surface area contributed by atoms with Crippen LogP contribution in [-0.2, 0) is 11.2 Å². The molecule has 88 valence electrons. The van der Waals surface area contributed by atoms with E-state index in [0.717, 1.165) is 30.8 Å². The van der Waals surface area contributed by atoms with Gasteiger partial charge in [-0.2, -0.15) is 5.10 Å². The molecule has 0 fully saturated rings. The zero-order valence-electron chi connectivity index (χ0n) is 9.89. The number of anilines is 1. The summed E-state index contributed by atoms with van der Waals surface area (Å²) in [6, 6.07) is 0. The molecule has 1 aromatic heterocycles. The van der Waals surface area contributed by atoms with Crippen molar-refractivity contribution in [3.8, 4) is 0 Å². The van der Waals surface area contributed by atoms with E-state index in [-0.39, 0.29) is 5.97 Å². The maximum Gasteiger partial charge on any atom is 0.361 e. The van der Waals surface area contributed by atoms with E-state index in [4.69, 9.17) is 4.74 Å². The summed E-state index contributed by atoms with van der Waals surface area (Å²) in [5.41, 5.74) is 1.68. The van der Waals surface area contributed by atoms with Crippen molar-refractivity contribution >= 4 is 11.7 Å². The quantitative estimate of drug-likeness (QED) is 0.711. The molecule has 1 aliphatic heterocycles. The Morgan fingerprint density at radius 3 is 2.88 bits per heavy atom. The lowest BCUT2D eigenvalue weighted by Gasteiger charge is -2.19. The molecule has 0 saturated carbocycles. The standard InChI is InChI=1S/C11H17N3O2/c1-11(2,3)16-10(15)9-8-7(13-14-9)5-4-6-12-8/h12H,4-6H2,1-3H3,(H,13,14). The number of ether oxygens (including phenoxy) is 1. The topological polar surface area (TPSA) is 67.0 Å². The van der Waals surface area contributed by atoms with E-state index < -0.39 is 5.60 Å². The number of aromatic amines is 1. The first-order chi connectivity index (χ1) is 7.47. The molecule has 2 heterocycles. The van der Waals surface area contributed by atoms with Crippen molar-refractivity contribution < 1.29 is 9.53 Å². The number of nitrogens with one attached hydrogen (secondary N) is 2. The number of H-pyrrole nitrogens is 1. The molecule has 5 nitrogen and oxygen atoms in total. The van der Waals surface area contributed by atoms with Gasteiger partial charge in [0.05, 0.1) is 11.4 Å². The smallest absolute Gasteiger partial charge is 0.361 e. The van der Waals surface area contributed by atoms with Crippen molar-refractivity contribution in [2.45, 2.75) is 39.2 Å². The Morgan fingerprint density at radius 2 is 2.19 bits per heavy atom. The highest BCUT2D eigenvalue weighted by atomic mass is 16.6. The zero-order valence-corrected chi connectivity index (χ0v) is 9.89. The summed E-state index contributed by atoms with van der Waals surface area (Å²) >= 11 is 0. The Balaban J connectivity index is 2.21. The third-order valence-corrected chi connectivity index (χ3v) is 2.34. The van der Waals surface area contributed by atoms with Gasteiger partial charge in [0.15, 0.2) is 5.69 Å². The van der Waals surface area contributed by atoms with E-state index >= 15 is 0 Å². The van der Waals surface area contributed by atoms with Gasteiger partial charge in [-0.05, 0) is 33.6 Å². The van der Waals surface area contributed by atoms with Gasteiger partial charge in [-0.3, -0.25) is 5.10 Å². The monoisotopic (exact) mass is 223 g/mol. The van der Waals surface area contributed by atoms with Crippen LogP contribution < -0.4 is 5.32 Å². The van der Waals surface area contributed by atoms with E-state index in [0.29, 0.717) is 5.69 Å². The van der Waals surface area contributed by atoms with Crippen molar-refractivity contribution in [1.82, 2.24) is 10.2 Å². The van der Waals surface area contributed by atoms with Gasteiger partial charge in [0.25, 0.3) is 0 Å². The van der Waals surface area contributed by atoms with Gasteiger partial charge in [0.2, 0.25) is 0 Å². The molecule has 5 heteroatoms. The van der Waals surface area contributed by atoms with Gasteiger partial charge in [0, 0.05) is 6.54 Å². The number of hydrogen-bond acceptors (Lipinski definition) is 4. The van der Waals surface area contributed by atoms with Crippen LogP contribution in [0.15, 0.2) is 0 Å². The van der Waals surface area contributed by atoms with Crippen LogP contribution in [0.1, 0.15) is 43.4 Å². The Labute approximate surface area is 94.6 Å². The van der Waals surface area contributed by atoms with Crippen LogP contribution in [0.5, 0.6) is 0 Å². The second-order valence-electron chi connectivity index (χ2n) is 4.96. The van der Waals surface area contributed by atoms with Crippen molar-refractivity contribution in [2.75, 3.05) is 11.9 Å². The average Bonchev–Trinajstić information content (AvgIpc) is 2.58. The average molecular weight is 223 g/mol. The summed E-state index contributed by atoms with van der Waals surface area (Å²) in [5.74, 6) is -0.376. The second kappa shape index (κ2) is 3.81. The van der Waals surface area contributed by atoms with Crippen LogP contribution in [0.4, 0.5) is 5.69 Å². The minimum absolute atomic E-state index is 0.365. The van der Waals surface area contributed by atoms with E-state index in [1.165, 1.54) is 0 Å². The Morgan fingerprint density at radius 1 is 1.44 bits per heavy atom. The minimum Gasteiger partial charge on any atom is -0.455 e. The molecule has 1 aromatic rings. The number of carbonyl (C=O) groups excluding carboxylic acids is 1. The van der Waals surface area contributed by atoms with E-state index in [1.54, 1.807) is 0 Å². The summed E-state index contributed by atoms with van der Waals surface area (Å²) in [6.45, 7) is 6.41. The Bertz CT molecular complexity index is 404. The maximum absolute atomic E-state index is 11.8. The van der Waals surface area contributed by atoms with Crippen molar-refractivity contribution in [1.29, 1.82) is 0 Å². The fourth-order valence-corrected chi connectivity index (χ4v) is 1.70. The highest BCUT2D eigenvalue weighted by Crippen LogP contribution is 2.25.